The third-order valence-electron chi connectivity index (χ3n) is 3.10. The van der Waals surface area contributed by atoms with Crippen LogP contribution in [-0.4, -0.2) is 45.1 Å². The Balaban J connectivity index is 2.42. The Morgan fingerprint density at radius 2 is 2.05 bits per heavy atom. The zero-order valence-corrected chi connectivity index (χ0v) is 10.7. The van der Waals surface area contributed by atoms with Gasteiger partial charge in [0.05, 0.1) is 4.92 Å². The summed E-state index contributed by atoms with van der Waals surface area (Å²) in [5.41, 5.74) is -0.807. The Kier molecular flexibility index (Phi) is 3.83. The van der Waals surface area contributed by atoms with Crippen LogP contribution in [-0.2, 0) is 4.79 Å². The maximum atomic E-state index is 11.1. The van der Waals surface area contributed by atoms with Gasteiger partial charge in [-0.1, -0.05) is 6.08 Å². The van der Waals surface area contributed by atoms with E-state index in [0.29, 0.717) is 0 Å². The molecule has 21 heavy (non-hydrogen) atoms. The molecular formula is C12H11N3O6. The van der Waals surface area contributed by atoms with E-state index in [4.69, 9.17) is 10.2 Å². The molecule has 2 heterocycles. The minimum Gasteiger partial charge on any atom is -0.478 e. The molecule has 0 amide bonds. The highest BCUT2D eigenvalue weighted by molar-refractivity contribution is 5.95. The molecule has 9 nitrogen and oxygen atoms in total. The number of carbonyl (C=O) groups is 2. The Morgan fingerprint density at radius 1 is 1.33 bits per heavy atom. The molecule has 1 aliphatic rings. The van der Waals surface area contributed by atoms with E-state index >= 15 is 0 Å². The fourth-order valence-electron chi connectivity index (χ4n) is 2.08. The van der Waals surface area contributed by atoms with Crippen molar-refractivity contribution in [3.8, 4) is 0 Å². The van der Waals surface area contributed by atoms with E-state index in [1.54, 1.807) is 0 Å². The maximum absolute atomic E-state index is 11.1. The van der Waals surface area contributed by atoms with Crippen LogP contribution in [0.25, 0.3) is 0 Å². The van der Waals surface area contributed by atoms with Crippen molar-refractivity contribution in [1.82, 2.24) is 4.98 Å². The van der Waals surface area contributed by atoms with Gasteiger partial charge in [0.25, 0.3) is 0 Å². The van der Waals surface area contributed by atoms with E-state index in [1.165, 1.54) is 17.2 Å². The summed E-state index contributed by atoms with van der Waals surface area (Å²) in [5, 5.41) is 29.0. The zero-order chi connectivity index (χ0) is 15.6. The molecule has 1 aliphatic heterocycles. The first-order valence-corrected chi connectivity index (χ1v) is 5.95. The second-order valence-corrected chi connectivity index (χ2v) is 4.32. The largest absolute Gasteiger partial charge is 0.478 e. The van der Waals surface area contributed by atoms with Crippen molar-refractivity contribution >= 4 is 23.4 Å². The quantitative estimate of drug-likeness (QED) is 0.618. The van der Waals surface area contributed by atoms with Crippen molar-refractivity contribution in [2.75, 3.05) is 18.0 Å². The highest BCUT2D eigenvalue weighted by Crippen LogP contribution is 2.31. The number of nitro groups is 1. The van der Waals surface area contributed by atoms with Gasteiger partial charge in [-0.05, 0) is 12.5 Å². The summed E-state index contributed by atoms with van der Waals surface area (Å²) in [6.07, 6.45) is 2.82. The maximum Gasteiger partial charge on any atom is 0.342 e. The smallest absolute Gasteiger partial charge is 0.342 e. The summed E-state index contributed by atoms with van der Waals surface area (Å²) in [6.45, 7) is 0.341. The van der Waals surface area contributed by atoms with Gasteiger partial charge in [-0.2, -0.15) is 0 Å². The van der Waals surface area contributed by atoms with Gasteiger partial charge in [0, 0.05) is 24.9 Å². The van der Waals surface area contributed by atoms with Crippen LogP contribution in [0.4, 0.5) is 11.5 Å². The molecule has 0 saturated carbocycles. The number of rotatable bonds is 4. The molecule has 1 aromatic heterocycles. The lowest BCUT2D eigenvalue weighted by molar-refractivity contribution is -0.384. The molecule has 0 unspecified atom stereocenters. The van der Waals surface area contributed by atoms with Crippen molar-refractivity contribution in [2.24, 2.45) is 0 Å². The van der Waals surface area contributed by atoms with Gasteiger partial charge in [0.1, 0.15) is 5.56 Å². The lowest BCUT2D eigenvalue weighted by Gasteiger charge is -2.26. The predicted molar refractivity (Wildman–Crippen MR) is 70.4 cm³/mol. The van der Waals surface area contributed by atoms with Crippen LogP contribution in [0, 0.1) is 10.1 Å². The molecule has 0 radical (unpaired) electrons. The van der Waals surface area contributed by atoms with Crippen molar-refractivity contribution in [3.63, 3.8) is 0 Å². The molecule has 0 fully saturated rings. The van der Waals surface area contributed by atoms with Gasteiger partial charge in [0.2, 0.25) is 5.82 Å². The number of anilines is 1. The van der Waals surface area contributed by atoms with E-state index in [2.05, 4.69) is 4.98 Å². The number of aromatic nitrogens is 1. The predicted octanol–water partition coefficient (Wildman–Crippen LogP) is 0.909. The first kappa shape index (κ1) is 14.4. The monoisotopic (exact) mass is 293 g/mol. The van der Waals surface area contributed by atoms with Crippen molar-refractivity contribution in [3.05, 3.63) is 39.6 Å². The fraction of sp³-hybridized carbons (Fsp3) is 0.250. The van der Waals surface area contributed by atoms with Gasteiger partial charge in [-0.3, -0.25) is 10.1 Å². The molecule has 9 heteroatoms. The molecule has 0 saturated heterocycles. The molecule has 1 aromatic rings. The number of carboxylic acids is 2. The van der Waals surface area contributed by atoms with E-state index in [9.17, 15) is 19.7 Å². The Labute approximate surface area is 118 Å². The number of nitrogens with zero attached hydrogens (tertiary/aromatic N) is 3. The minimum atomic E-state index is -1.41. The van der Waals surface area contributed by atoms with E-state index in [0.717, 1.165) is 6.07 Å². The van der Waals surface area contributed by atoms with Gasteiger partial charge in [-0.15, -0.1) is 0 Å². The van der Waals surface area contributed by atoms with Gasteiger partial charge in [-0.25, -0.2) is 14.6 Å². The number of pyridine rings is 1. The summed E-state index contributed by atoms with van der Waals surface area (Å²) in [6, 6.07) is 1.06. The second-order valence-electron chi connectivity index (χ2n) is 4.32. The molecule has 0 aromatic carbocycles. The molecule has 0 aliphatic carbocycles. The standard InChI is InChI=1S/C12H11N3O6/c16-11(17)7-2-5-14(6-3-7)10-9(15(20)21)8(12(18)19)1-4-13-10/h1-2,4H,3,5-6H2,(H,16,17)(H,18,19). The third kappa shape index (κ3) is 2.81. The number of carboxylic acid groups (broad SMARTS) is 2. The number of aromatic carboxylic acids is 1. The molecule has 0 bridgehead atoms. The normalized spacial score (nSPS) is 14.5. The summed E-state index contributed by atoms with van der Waals surface area (Å²) < 4.78 is 0. The zero-order valence-electron chi connectivity index (χ0n) is 10.7. The number of hydrogen-bond acceptors (Lipinski definition) is 6. The molecular weight excluding hydrogens is 282 g/mol. The van der Waals surface area contributed by atoms with Crippen LogP contribution in [0.2, 0.25) is 0 Å². The summed E-state index contributed by atoms with van der Waals surface area (Å²) in [4.78, 5) is 37.6. The van der Waals surface area contributed by atoms with Crippen LogP contribution < -0.4 is 4.90 Å². The number of aliphatic carboxylic acids is 1. The lowest BCUT2D eigenvalue weighted by Crippen LogP contribution is -2.31. The van der Waals surface area contributed by atoms with E-state index in [1.807, 2.05) is 0 Å². The highest BCUT2D eigenvalue weighted by atomic mass is 16.6. The van der Waals surface area contributed by atoms with Gasteiger partial charge >= 0.3 is 17.6 Å². The van der Waals surface area contributed by atoms with Crippen molar-refractivity contribution in [1.29, 1.82) is 0 Å². The average Bonchev–Trinajstić information content (AvgIpc) is 2.46. The first-order chi connectivity index (χ1) is 9.91. The third-order valence-corrected chi connectivity index (χ3v) is 3.10. The fourth-order valence-corrected chi connectivity index (χ4v) is 2.08. The van der Waals surface area contributed by atoms with Crippen molar-refractivity contribution in [2.45, 2.75) is 6.42 Å². The average molecular weight is 293 g/mol. The Hall–Kier alpha value is -2.97. The summed E-state index contributed by atoms with van der Waals surface area (Å²) in [7, 11) is 0. The van der Waals surface area contributed by atoms with Crippen molar-refractivity contribution < 1.29 is 24.7 Å². The Bertz CT molecular complexity index is 654. The van der Waals surface area contributed by atoms with E-state index < -0.39 is 28.1 Å². The molecule has 110 valence electrons. The molecule has 2 N–H and O–H groups in total. The Morgan fingerprint density at radius 3 is 2.52 bits per heavy atom. The van der Waals surface area contributed by atoms with Gasteiger partial charge < -0.3 is 15.1 Å². The minimum absolute atomic E-state index is 0.0689. The SMILES string of the molecule is O=C(O)C1=CCN(c2nccc(C(=O)O)c2[N+](=O)[O-])CC1. The first-order valence-electron chi connectivity index (χ1n) is 5.95. The van der Waals surface area contributed by atoms with Crippen LogP contribution in [0.5, 0.6) is 0 Å². The van der Waals surface area contributed by atoms with Crippen LogP contribution in [0.15, 0.2) is 23.9 Å². The second kappa shape index (κ2) is 5.57. The topological polar surface area (TPSA) is 134 Å². The summed E-state index contributed by atoms with van der Waals surface area (Å²) in [5.74, 6) is -2.51. The van der Waals surface area contributed by atoms with E-state index in [-0.39, 0.29) is 30.9 Å². The van der Waals surface area contributed by atoms with Crippen LogP contribution >= 0.6 is 0 Å². The van der Waals surface area contributed by atoms with Gasteiger partial charge in [0.15, 0.2) is 0 Å². The number of hydrogen-bond donors (Lipinski definition) is 2. The molecule has 0 spiro atoms. The lowest BCUT2D eigenvalue weighted by atomic mass is 10.1. The highest BCUT2D eigenvalue weighted by Gasteiger charge is 2.30. The molecule has 2 rings (SSSR count). The molecule has 0 atom stereocenters. The van der Waals surface area contributed by atoms with Crippen LogP contribution in [0.3, 0.4) is 0 Å². The summed E-state index contributed by atoms with van der Waals surface area (Å²) >= 11 is 0. The van der Waals surface area contributed by atoms with Crippen LogP contribution in [0.1, 0.15) is 16.8 Å².